The molecule has 0 N–H and O–H groups in total. The molecule has 1 aliphatic carbocycles. The van der Waals surface area contributed by atoms with Crippen molar-refractivity contribution < 1.29 is 28.5 Å². The summed E-state index contributed by atoms with van der Waals surface area (Å²) in [5.41, 5.74) is -0.139. The summed E-state index contributed by atoms with van der Waals surface area (Å²) >= 11 is 0. The summed E-state index contributed by atoms with van der Waals surface area (Å²) in [5, 5.41) is 0. The minimum absolute atomic E-state index is 0.295. The Morgan fingerprint density at radius 3 is 2.61 bits per heavy atom. The number of ether oxygens (including phenoxy) is 5. The van der Waals surface area contributed by atoms with Crippen molar-refractivity contribution in [3.8, 4) is 0 Å². The van der Waals surface area contributed by atoms with Gasteiger partial charge in [0.05, 0.1) is 5.56 Å². The maximum atomic E-state index is 12.2. The van der Waals surface area contributed by atoms with Gasteiger partial charge in [-0.2, -0.15) is 0 Å². The van der Waals surface area contributed by atoms with Gasteiger partial charge in [-0.1, -0.05) is 18.2 Å². The van der Waals surface area contributed by atoms with Crippen LogP contribution in [-0.4, -0.2) is 49.1 Å². The zero-order valence-electron chi connectivity index (χ0n) is 13.4. The van der Waals surface area contributed by atoms with E-state index in [1.54, 1.807) is 31.4 Å². The zero-order chi connectivity index (χ0) is 16.2. The summed E-state index contributed by atoms with van der Waals surface area (Å²) in [6.07, 6.45) is -0.875. The summed E-state index contributed by atoms with van der Waals surface area (Å²) in [7, 11) is 1.57. The second-order valence-electron chi connectivity index (χ2n) is 6.66. The Balaban J connectivity index is 1.49. The Kier molecular flexibility index (Phi) is 3.29. The molecule has 124 valence electrons. The SMILES string of the molecule is COC1O[C@]2(C[C@@H]2OC(=O)c2ccccc2)C2OC(C)(C)O[C@H]12. The zero-order valence-corrected chi connectivity index (χ0v) is 13.4. The van der Waals surface area contributed by atoms with E-state index in [-0.39, 0.29) is 24.3 Å². The predicted octanol–water partition coefficient (Wildman–Crippen LogP) is 1.88. The van der Waals surface area contributed by atoms with E-state index in [0.717, 1.165) is 0 Å². The lowest BCUT2D eigenvalue weighted by Crippen LogP contribution is -2.35. The summed E-state index contributed by atoms with van der Waals surface area (Å²) < 4.78 is 28.8. The van der Waals surface area contributed by atoms with Gasteiger partial charge in [0.1, 0.15) is 23.9 Å². The molecule has 1 aromatic rings. The largest absolute Gasteiger partial charge is 0.455 e. The molecule has 6 heteroatoms. The van der Waals surface area contributed by atoms with Crippen LogP contribution in [0.15, 0.2) is 30.3 Å². The maximum Gasteiger partial charge on any atom is 0.338 e. The van der Waals surface area contributed by atoms with Crippen molar-refractivity contribution in [1.29, 1.82) is 0 Å². The molecule has 1 aromatic carbocycles. The number of fused-ring (bicyclic) bond motifs is 2. The van der Waals surface area contributed by atoms with Crippen molar-refractivity contribution in [2.75, 3.05) is 7.11 Å². The van der Waals surface area contributed by atoms with Gasteiger partial charge in [-0.3, -0.25) is 0 Å². The molecule has 0 bridgehead atoms. The van der Waals surface area contributed by atoms with Gasteiger partial charge in [-0.05, 0) is 26.0 Å². The number of benzene rings is 1. The van der Waals surface area contributed by atoms with E-state index in [2.05, 4.69) is 0 Å². The summed E-state index contributed by atoms with van der Waals surface area (Å²) in [5.74, 6) is -1.05. The first-order chi connectivity index (χ1) is 11.0. The molecule has 23 heavy (non-hydrogen) atoms. The van der Waals surface area contributed by atoms with Crippen LogP contribution in [0, 0.1) is 0 Å². The smallest absolute Gasteiger partial charge is 0.338 e. The fourth-order valence-corrected chi connectivity index (χ4v) is 3.47. The van der Waals surface area contributed by atoms with Crippen LogP contribution in [0.25, 0.3) is 0 Å². The van der Waals surface area contributed by atoms with Crippen LogP contribution in [-0.2, 0) is 23.7 Å². The quantitative estimate of drug-likeness (QED) is 0.793. The highest BCUT2D eigenvalue weighted by atomic mass is 16.8. The fraction of sp³-hybridized carbons (Fsp3) is 0.588. The van der Waals surface area contributed by atoms with Crippen LogP contribution in [0.1, 0.15) is 30.6 Å². The van der Waals surface area contributed by atoms with E-state index in [1.165, 1.54) is 0 Å². The molecule has 2 aliphatic heterocycles. The van der Waals surface area contributed by atoms with E-state index >= 15 is 0 Å². The highest BCUT2D eigenvalue weighted by Gasteiger charge is 2.75. The van der Waals surface area contributed by atoms with E-state index in [9.17, 15) is 4.79 Å². The average molecular weight is 320 g/mol. The number of rotatable bonds is 3. The van der Waals surface area contributed by atoms with Crippen molar-refractivity contribution in [1.82, 2.24) is 0 Å². The van der Waals surface area contributed by atoms with Gasteiger partial charge >= 0.3 is 5.97 Å². The highest BCUT2D eigenvalue weighted by Crippen LogP contribution is 2.57. The normalized spacial score (nSPS) is 40.1. The van der Waals surface area contributed by atoms with Crippen molar-refractivity contribution >= 4 is 5.97 Å². The fourth-order valence-electron chi connectivity index (χ4n) is 3.47. The van der Waals surface area contributed by atoms with Gasteiger partial charge in [0.25, 0.3) is 0 Å². The van der Waals surface area contributed by atoms with Crippen LogP contribution >= 0.6 is 0 Å². The lowest BCUT2D eigenvalue weighted by molar-refractivity contribution is -0.236. The Morgan fingerprint density at radius 1 is 1.17 bits per heavy atom. The Bertz CT molecular complexity index is 615. The molecule has 2 saturated heterocycles. The Morgan fingerprint density at radius 2 is 1.91 bits per heavy atom. The van der Waals surface area contributed by atoms with Crippen LogP contribution in [0.5, 0.6) is 0 Å². The van der Waals surface area contributed by atoms with E-state index in [0.29, 0.717) is 12.0 Å². The van der Waals surface area contributed by atoms with Gasteiger partial charge < -0.3 is 23.7 Å². The molecule has 0 aromatic heterocycles. The predicted molar refractivity (Wildman–Crippen MR) is 78.7 cm³/mol. The average Bonchev–Trinajstić information content (AvgIpc) is 3.00. The lowest BCUT2D eigenvalue weighted by atomic mass is 10.1. The molecule has 3 fully saturated rings. The van der Waals surface area contributed by atoms with E-state index < -0.39 is 17.7 Å². The third-order valence-corrected chi connectivity index (χ3v) is 4.59. The first-order valence-corrected chi connectivity index (χ1v) is 7.77. The van der Waals surface area contributed by atoms with E-state index in [1.807, 2.05) is 19.9 Å². The first kappa shape index (κ1) is 15.1. The molecule has 5 atom stereocenters. The standard InChI is InChI=1S/C17H20O6/c1-16(2)21-12-13(22-16)17(23-15(12)19-3)9-11(17)20-14(18)10-7-5-4-6-8-10/h4-8,11-13,15H,9H2,1-3H3/t11-,12-,13?,15?,17-/m0/s1. The number of hydrogen-bond donors (Lipinski definition) is 0. The molecule has 0 radical (unpaired) electrons. The van der Waals surface area contributed by atoms with Gasteiger partial charge in [0, 0.05) is 13.5 Å². The minimum Gasteiger partial charge on any atom is -0.455 e. The van der Waals surface area contributed by atoms with Crippen LogP contribution < -0.4 is 0 Å². The summed E-state index contributed by atoms with van der Waals surface area (Å²) in [6.45, 7) is 3.72. The third kappa shape index (κ3) is 2.37. The lowest BCUT2D eigenvalue weighted by Gasteiger charge is -2.23. The Hall–Kier alpha value is -1.47. The number of hydrogen-bond acceptors (Lipinski definition) is 6. The summed E-state index contributed by atoms with van der Waals surface area (Å²) in [4.78, 5) is 12.2. The second-order valence-corrected chi connectivity index (χ2v) is 6.66. The second kappa shape index (κ2) is 5.01. The molecule has 1 spiro atoms. The van der Waals surface area contributed by atoms with Gasteiger partial charge in [0.2, 0.25) is 0 Å². The van der Waals surface area contributed by atoms with Crippen molar-refractivity contribution in [2.24, 2.45) is 0 Å². The number of carbonyl (C=O) groups excluding carboxylic acids is 1. The molecule has 2 heterocycles. The number of esters is 1. The molecule has 3 aliphatic rings. The van der Waals surface area contributed by atoms with E-state index in [4.69, 9.17) is 23.7 Å². The minimum atomic E-state index is -0.695. The number of methoxy groups -OCH3 is 1. The molecule has 4 rings (SSSR count). The van der Waals surface area contributed by atoms with Crippen LogP contribution in [0.3, 0.4) is 0 Å². The maximum absolute atomic E-state index is 12.2. The van der Waals surface area contributed by atoms with Gasteiger partial charge in [-0.15, -0.1) is 0 Å². The molecular weight excluding hydrogens is 300 g/mol. The highest BCUT2D eigenvalue weighted by molar-refractivity contribution is 5.89. The topological polar surface area (TPSA) is 63.2 Å². The van der Waals surface area contributed by atoms with Crippen LogP contribution in [0.4, 0.5) is 0 Å². The van der Waals surface area contributed by atoms with Crippen molar-refractivity contribution in [3.05, 3.63) is 35.9 Å². The van der Waals surface area contributed by atoms with Crippen LogP contribution in [0.2, 0.25) is 0 Å². The molecule has 6 nitrogen and oxygen atoms in total. The van der Waals surface area contributed by atoms with Crippen molar-refractivity contribution in [3.63, 3.8) is 0 Å². The monoisotopic (exact) mass is 320 g/mol. The summed E-state index contributed by atoms with van der Waals surface area (Å²) in [6, 6.07) is 8.92. The van der Waals surface area contributed by atoms with Crippen molar-refractivity contribution in [2.45, 2.75) is 56.3 Å². The first-order valence-electron chi connectivity index (χ1n) is 7.77. The molecule has 1 saturated carbocycles. The number of carbonyl (C=O) groups is 1. The Labute approximate surface area is 134 Å². The third-order valence-electron chi connectivity index (χ3n) is 4.59. The molecular formula is C17H20O6. The van der Waals surface area contributed by atoms with Gasteiger partial charge in [-0.25, -0.2) is 4.79 Å². The van der Waals surface area contributed by atoms with Gasteiger partial charge in [0.15, 0.2) is 12.1 Å². The molecule has 0 amide bonds. The molecule has 2 unspecified atom stereocenters.